The van der Waals surface area contributed by atoms with Gasteiger partial charge in [0.1, 0.15) is 17.2 Å². The molecule has 0 saturated carbocycles. The second-order valence-corrected chi connectivity index (χ2v) is 6.12. The van der Waals surface area contributed by atoms with Crippen LogP contribution in [0.5, 0.6) is 5.75 Å². The smallest absolute Gasteiger partial charge is 0.127 e. The molecule has 0 amide bonds. The van der Waals surface area contributed by atoms with Crippen molar-refractivity contribution in [3.05, 3.63) is 29.6 Å². The highest BCUT2D eigenvalue weighted by Crippen LogP contribution is 2.43. The Bertz CT molecular complexity index is 493. The molecule has 1 N–H and O–H groups in total. The monoisotopic (exact) mass is 278 g/mol. The van der Waals surface area contributed by atoms with Gasteiger partial charge in [0.05, 0.1) is 0 Å². The Kier molecular flexibility index (Phi) is 3.69. The summed E-state index contributed by atoms with van der Waals surface area (Å²) < 4.78 is 19.8. The summed E-state index contributed by atoms with van der Waals surface area (Å²) in [6.45, 7) is 5.06. The Morgan fingerprint density at radius 3 is 3.10 bits per heavy atom. The predicted molar refractivity (Wildman–Crippen MR) is 77.5 cm³/mol. The molecule has 3 rings (SSSR count). The molecule has 20 heavy (non-hydrogen) atoms. The minimum Gasteiger partial charge on any atom is -0.485 e. The molecule has 1 aromatic rings. The molecule has 1 saturated heterocycles. The molecule has 4 heteroatoms. The summed E-state index contributed by atoms with van der Waals surface area (Å²) in [6.07, 6.45) is 3.15. The van der Waals surface area contributed by atoms with Gasteiger partial charge in [-0.05, 0) is 39.0 Å². The minimum atomic E-state index is -0.222. The zero-order valence-corrected chi connectivity index (χ0v) is 12.3. The van der Waals surface area contributed by atoms with Crippen LogP contribution in [0.2, 0.25) is 0 Å². The lowest BCUT2D eigenvalue weighted by molar-refractivity contribution is -0.0271. The van der Waals surface area contributed by atoms with Crippen LogP contribution in [0.1, 0.15) is 37.8 Å². The van der Waals surface area contributed by atoms with E-state index in [9.17, 15) is 4.39 Å². The molecule has 1 spiro atoms. The van der Waals surface area contributed by atoms with Gasteiger partial charge in [0.25, 0.3) is 0 Å². The maximum atomic E-state index is 13.5. The molecule has 0 bridgehead atoms. The van der Waals surface area contributed by atoms with Crippen molar-refractivity contribution < 1.29 is 9.13 Å². The molecule has 3 nitrogen and oxygen atoms in total. The lowest BCUT2D eigenvalue weighted by Crippen LogP contribution is -2.54. The van der Waals surface area contributed by atoms with Gasteiger partial charge >= 0.3 is 0 Å². The first-order valence-corrected chi connectivity index (χ1v) is 7.52. The minimum absolute atomic E-state index is 0.166. The average Bonchev–Trinajstić information content (AvgIpc) is 2.38. The molecule has 2 aliphatic heterocycles. The maximum Gasteiger partial charge on any atom is 0.127 e. The molecule has 0 aliphatic carbocycles. The highest BCUT2D eigenvalue weighted by molar-refractivity contribution is 5.39. The number of halogens is 1. The molecule has 2 unspecified atom stereocenters. The first-order valence-electron chi connectivity index (χ1n) is 7.52. The van der Waals surface area contributed by atoms with Gasteiger partial charge in [-0.1, -0.05) is 13.0 Å². The van der Waals surface area contributed by atoms with Gasteiger partial charge in [0.15, 0.2) is 0 Å². The fourth-order valence-electron chi connectivity index (χ4n) is 3.64. The zero-order chi connectivity index (χ0) is 14.2. The van der Waals surface area contributed by atoms with Crippen LogP contribution in [0.3, 0.4) is 0 Å². The lowest BCUT2D eigenvalue weighted by atomic mass is 9.81. The van der Waals surface area contributed by atoms with Crippen LogP contribution in [0.15, 0.2) is 18.2 Å². The number of hydrogen-bond donors (Lipinski definition) is 1. The van der Waals surface area contributed by atoms with E-state index in [1.165, 1.54) is 12.1 Å². The van der Waals surface area contributed by atoms with E-state index in [0.29, 0.717) is 0 Å². The van der Waals surface area contributed by atoms with Crippen molar-refractivity contribution in [2.75, 3.05) is 26.7 Å². The van der Waals surface area contributed by atoms with Crippen LogP contribution in [-0.4, -0.2) is 37.2 Å². The highest BCUT2D eigenvalue weighted by Gasteiger charge is 2.43. The summed E-state index contributed by atoms with van der Waals surface area (Å²) >= 11 is 0. The van der Waals surface area contributed by atoms with E-state index >= 15 is 0 Å². The fraction of sp³-hybridized carbons (Fsp3) is 0.625. The van der Waals surface area contributed by atoms with Crippen molar-refractivity contribution in [2.24, 2.45) is 0 Å². The predicted octanol–water partition coefficient (Wildman–Crippen LogP) is 2.72. The maximum absolute atomic E-state index is 13.5. The Morgan fingerprint density at radius 2 is 2.35 bits per heavy atom. The Labute approximate surface area is 120 Å². The third-order valence-electron chi connectivity index (χ3n) is 4.43. The first kappa shape index (κ1) is 13.8. The van der Waals surface area contributed by atoms with Crippen LogP contribution in [0, 0.1) is 5.82 Å². The Balaban J connectivity index is 1.94. The van der Waals surface area contributed by atoms with Gasteiger partial charge in [0.2, 0.25) is 0 Å². The number of fused-ring (bicyclic) bond motifs is 1. The number of nitrogens with zero attached hydrogens (tertiary/aromatic N) is 1. The highest BCUT2D eigenvalue weighted by atomic mass is 19.1. The summed E-state index contributed by atoms with van der Waals surface area (Å²) in [4.78, 5) is 2.32. The molecule has 0 radical (unpaired) electrons. The zero-order valence-electron chi connectivity index (χ0n) is 12.3. The van der Waals surface area contributed by atoms with Gasteiger partial charge in [-0.3, -0.25) is 0 Å². The second kappa shape index (κ2) is 5.34. The number of benzene rings is 1. The third kappa shape index (κ3) is 2.54. The topological polar surface area (TPSA) is 24.5 Å². The summed E-state index contributed by atoms with van der Waals surface area (Å²) in [5.41, 5.74) is 0.924. The van der Waals surface area contributed by atoms with Crippen molar-refractivity contribution >= 4 is 0 Å². The van der Waals surface area contributed by atoms with Crippen LogP contribution in [0.4, 0.5) is 4.39 Å². The number of hydrogen-bond acceptors (Lipinski definition) is 3. The van der Waals surface area contributed by atoms with E-state index in [1.807, 2.05) is 6.07 Å². The van der Waals surface area contributed by atoms with E-state index in [4.69, 9.17) is 4.74 Å². The molecule has 1 fully saturated rings. The number of ether oxygens (including phenoxy) is 1. The quantitative estimate of drug-likeness (QED) is 0.900. The summed E-state index contributed by atoms with van der Waals surface area (Å²) in [5.74, 6) is 0.498. The summed E-state index contributed by atoms with van der Waals surface area (Å²) in [7, 11) is 2.13. The molecular weight excluding hydrogens is 255 g/mol. The molecule has 110 valence electrons. The van der Waals surface area contributed by atoms with Crippen LogP contribution in [0.25, 0.3) is 0 Å². The fourth-order valence-corrected chi connectivity index (χ4v) is 3.64. The summed E-state index contributed by atoms with van der Waals surface area (Å²) in [6, 6.07) is 5.18. The average molecular weight is 278 g/mol. The van der Waals surface area contributed by atoms with E-state index in [1.54, 1.807) is 0 Å². The number of likely N-dealkylation sites (tertiary alicyclic amines) is 1. The van der Waals surface area contributed by atoms with Crippen molar-refractivity contribution in [3.8, 4) is 5.75 Å². The molecule has 2 atom stereocenters. The van der Waals surface area contributed by atoms with E-state index in [2.05, 4.69) is 24.2 Å². The molecule has 2 heterocycles. The second-order valence-electron chi connectivity index (χ2n) is 6.12. The third-order valence-corrected chi connectivity index (χ3v) is 4.43. The first-order chi connectivity index (χ1) is 9.62. The van der Waals surface area contributed by atoms with E-state index in [0.717, 1.165) is 50.2 Å². The van der Waals surface area contributed by atoms with E-state index in [-0.39, 0.29) is 17.5 Å². The lowest BCUT2D eigenvalue weighted by Gasteiger charge is -2.47. The standard InChI is InChI=1S/C16H23FN2O/c1-3-18-14-10-16(7-4-8-19(2)11-16)20-15-9-12(17)5-6-13(14)15/h5-6,9,14,18H,3-4,7-8,10-11H2,1-2H3. The largest absolute Gasteiger partial charge is 0.485 e. The van der Waals surface area contributed by atoms with Crippen LogP contribution < -0.4 is 10.1 Å². The van der Waals surface area contributed by atoms with Gasteiger partial charge < -0.3 is 15.0 Å². The molecular formula is C16H23FN2O. The SMILES string of the molecule is CCNC1CC2(CCCN(C)C2)Oc2cc(F)ccc21. The summed E-state index contributed by atoms with van der Waals surface area (Å²) in [5, 5.41) is 3.53. The number of piperidine rings is 1. The van der Waals surface area contributed by atoms with Crippen molar-refractivity contribution in [1.29, 1.82) is 0 Å². The van der Waals surface area contributed by atoms with Crippen molar-refractivity contribution in [1.82, 2.24) is 10.2 Å². The van der Waals surface area contributed by atoms with Crippen molar-refractivity contribution in [2.45, 2.75) is 37.8 Å². The van der Waals surface area contributed by atoms with Crippen molar-refractivity contribution in [3.63, 3.8) is 0 Å². The molecule has 0 aromatic heterocycles. The van der Waals surface area contributed by atoms with Gasteiger partial charge in [-0.15, -0.1) is 0 Å². The Hall–Kier alpha value is -1.13. The number of nitrogens with one attached hydrogen (secondary N) is 1. The molecule has 2 aliphatic rings. The van der Waals surface area contributed by atoms with Crippen LogP contribution >= 0.6 is 0 Å². The normalized spacial score (nSPS) is 30.1. The molecule has 1 aromatic carbocycles. The number of rotatable bonds is 2. The Morgan fingerprint density at radius 1 is 1.50 bits per heavy atom. The van der Waals surface area contributed by atoms with Gasteiger partial charge in [-0.2, -0.15) is 0 Å². The number of likely N-dealkylation sites (N-methyl/N-ethyl adjacent to an activating group) is 1. The van der Waals surface area contributed by atoms with Gasteiger partial charge in [0, 0.05) is 30.6 Å². The van der Waals surface area contributed by atoms with Crippen LogP contribution in [-0.2, 0) is 0 Å². The van der Waals surface area contributed by atoms with Gasteiger partial charge in [-0.25, -0.2) is 4.39 Å². The van der Waals surface area contributed by atoms with E-state index < -0.39 is 0 Å².